The number of nitrogens with zero attached hydrogens (tertiary/aromatic N) is 2. The molecule has 0 bridgehead atoms. The number of piperidine rings is 1. The van der Waals surface area contributed by atoms with Crippen LogP contribution in [0.4, 0.5) is 5.82 Å². The number of anilines is 1. The maximum atomic E-state index is 11.2. The normalized spacial score (nSPS) is 23.1. The van der Waals surface area contributed by atoms with Gasteiger partial charge < -0.3 is 15.6 Å². The lowest BCUT2D eigenvalue weighted by molar-refractivity contribution is 0.363. The van der Waals surface area contributed by atoms with E-state index in [0.717, 1.165) is 31.7 Å². The standard InChI is InChI=1S/C11H18N4O/c1-8(12)9-3-2-4-15(6-9)10-5-11(16)14-7-13-10/h5,7-9H,2-4,6,12H2,1H3,(H,13,14,16). The SMILES string of the molecule is CC(N)C1CCCN(c2cc(=O)[nH]cn2)C1. The predicted octanol–water partition coefficient (Wildman–Crippen LogP) is 0.333. The molecular weight excluding hydrogens is 204 g/mol. The Bertz CT molecular complexity index is 401. The first-order valence-electron chi connectivity index (χ1n) is 5.72. The number of aromatic amines is 1. The molecule has 5 heteroatoms. The smallest absolute Gasteiger partial charge is 0.252 e. The summed E-state index contributed by atoms with van der Waals surface area (Å²) in [6.07, 6.45) is 3.73. The number of H-pyrrole nitrogens is 1. The minimum Gasteiger partial charge on any atom is -0.356 e. The van der Waals surface area contributed by atoms with Crippen LogP contribution in [0, 0.1) is 5.92 Å². The number of nitrogens with one attached hydrogen (secondary N) is 1. The van der Waals surface area contributed by atoms with Gasteiger partial charge in [0.1, 0.15) is 5.82 Å². The summed E-state index contributed by atoms with van der Waals surface area (Å²) >= 11 is 0. The Balaban J connectivity index is 2.12. The highest BCUT2D eigenvalue weighted by Gasteiger charge is 2.23. The molecule has 1 aromatic heterocycles. The van der Waals surface area contributed by atoms with Crippen molar-refractivity contribution < 1.29 is 0 Å². The molecule has 0 aromatic carbocycles. The van der Waals surface area contributed by atoms with Gasteiger partial charge in [-0.25, -0.2) is 4.98 Å². The zero-order valence-electron chi connectivity index (χ0n) is 9.52. The molecule has 5 nitrogen and oxygen atoms in total. The van der Waals surface area contributed by atoms with Crippen LogP contribution in [0.2, 0.25) is 0 Å². The fourth-order valence-electron chi connectivity index (χ4n) is 2.18. The Labute approximate surface area is 94.7 Å². The van der Waals surface area contributed by atoms with Crippen molar-refractivity contribution in [3.8, 4) is 0 Å². The first-order valence-corrected chi connectivity index (χ1v) is 5.72. The molecule has 1 aromatic rings. The number of nitrogens with two attached hydrogens (primary N) is 1. The molecule has 0 spiro atoms. The van der Waals surface area contributed by atoms with E-state index in [1.807, 2.05) is 6.92 Å². The van der Waals surface area contributed by atoms with E-state index < -0.39 is 0 Å². The molecule has 2 heterocycles. The number of aromatic nitrogens is 2. The molecule has 0 amide bonds. The lowest BCUT2D eigenvalue weighted by Gasteiger charge is -2.35. The van der Waals surface area contributed by atoms with E-state index in [1.165, 1.54) is 6.33 Å². The lowest BCUT2D eigenvalue weighted by Crippen LogP contribution is -2.43. The van der Waals surface area contributed by atoms with Gasteiger partial charge in [0.25, 0.3) is 5.56 Å². The zero-order chi connectivity index (χ0) is 11.5. The maximum Gasteiger partial charge on any atom is 0.252 e. The third-order valence-electron chi connectivity index (χ3n) is 3.19. The first kappa shape index (κ1) is 11.1. The Morgan fingerprint density at radius 3 is 3.19 bits per heavy atom. The molecule has 1 fully saturated rings. The lowest BCUT2D eigenvalue weighted by atomic mass is 9.92. The van der Waals surface area contributed by atoms with Crippen molar-refractivity contribution in [2.45, 2.75) is 25.8 Å². The number of hydrogen-bond acceptors (Lipinski definition) is 4. The molecule has 1 saturated heterocycles. The minimum atomic E-state index is -0.104. The molecule has 0 radical (unpaired) electrons. The van der Waals surface area contributed by atoms with Crippen molar-refractivity contribution in [1.82, 2.24) is 9.97 Å². The van der Waals surface area contributed by atoms with E-state index >= 15 is 0 Å². The van der Waals surface area contributed by atoms with Crippen molar-refractivity contribution in [3.05, 3.63) is 22.7 Å². The van der Waals surface area contributed by atoms with E-state index in [-0.39, 0.29) is 11.6 Å². The van der Waals surface area contributed by atoms with Crippen LogP contribution in [0.5, 0.6) is 0 Å². The van der Waals surface area contributed by atoms with Gasteiger partial charge in [0.2, 0.25) is 0 Å². The van der Waals surface area contributed by atoms with Crippen molar-refractivity contribution >= 4 is 5.82 Å². The molecule has 2 rings (SSSR count). The molecular formula is C11H18N4O. The quantitative estimate of drug-likeness (QED) is 0.756. The van der Waals surface area contributed by atoms with Crippen LogP contribution in [0.15, 0.2) is 17.2 Å². The second-order valence-electron chi connectivity index (χ2n) is 4.48. The van der Waals surface area contributed by atoms with E-state index in [9.17, 15) is 4.79 Å². The van der Waals surface area contributed by atoms with Gasteiger partial charge in [-0.2, -0.15) is 0 Å². The third kappa shape index (κ3) is 2.41. The summed E-state index contributed by atoms with van der Waals surface area (Å²) in [5.74, 6) is 1.25. The Morgan fingerprint density at radius 1 is 1.69 bits per heavy atom. The van der Waals surface area contributed by atoms with E-state index in [0.29, 0.717) is 5.92 Å². The van der Waals surface area contributed by atoms with Gasteiger partial charge in [-0.15, -0.1) is 0 Å². The summed E-state index contributed by atoms with van der Waals surface area (Å²) in [7, 11) is 0. The molecule has 1 aliphatic heterocycles. The van der Waals surface area contributed by atoms with Crippen molar-refractivity contribution in [3.63, 3.8) is 0 Å². The first-order chi connectivity index (χ1) is 7.66. The average Bonchev–Trinajstić information content (AvgIpc) is 2.29. The van der Waals surface area contributed by atoms with Crippen molar-refractivity contribution in [1.29, 1.82) is 0 Å². The maximum absolute atomic E-state index is 11.2. The molecule has 0 saturated carbocycles. The molecule has 1 aliphatic rings. The van der Waals surface area contributed by atoms with E-state index in [1.54, 1.807) is 6.07 Å². The second kappa shape index (κ2) is 4.65. The highest BCUT2D eigenvalue weighted by Crippen LogP contribution is 2.21. The monoisotopic (exact) mass is 222 g/mol. The summed E-state index contributed by atoms with van der Waals surface area (Å²) in [6.45, 7) is 3.90. The Hall–Kier alpha value is -1.36. The molecule has 2 atom stereocenters. The predicted molar refractivity (Wildman–Crippen MR) is 63.4 cm³/mol. The van der Waals surface area contributed by atoms with Crippen molar-refractivity contribution in [2.24, 2.45) is 11.7 Å². The molecule has 88 valence electrons. The fraction of sp³-hybridized carbons (Fsp3) is 0.636. The molecule has 3 N–H and O–H groups in total. The third-order valence-corrected chi connectivity index (χ3v) is 3.19. The average molecular weight is 222 g/mol. The van der Waals surface area contributed by atoms with Crippen LogP contribution >= 0.6 is 0 Å². The summed E-state index contributed by atoms with van der Waals surface area (Å²) in [5.41, 5.74) is 5.82. The molecule has 0 aliphatic carbocycles. The van der Waals surface area contributed by atoms with Crippen LogP contribution in [-0.4, -0.2) is 29.1 Å². The number of rotatable bonds is 2. The second-order valence-corrected chi connectivity index (χ2v) is 4.48. The number of hydrogen-bond donors (Lipinski definition) is 2. The van der Waals surface area contributed by atoms with Crippen molar-refractivity contribution in [2.75, 3.05) is 18.0 Å². The minimum absolute atomic E-state index is 0.104. The van der Waals surface area contributed by atoms with Gasteiger partial charge in [-0.3, -0.25) is 4.79 Å². The largest absolute Gasteiger partial charge is 0.356 e. The van der Waals surface area contributed by atoms with Gasteiger partial charge in [-0.1, -0.05) is 0 Å². The fourth-order valence-corrected chi connectivity index (χ4v) is 2.18. The topological polar surface area (TPSA) is 75.0 Å². The summed E-state index contributed by atoms with van der Waals surface area (Å²) < 4.78 is 0. The Morgan fingerprint density at radius 2 is 2.50 bits per heavy atom. The van der Waals surface area contributed by atoms with Crippen LogP contribution < -0.4 is 16.2 Å². The highest BCUT2D eigenvalue weighted by atomic mass is 16.1. The summed E-state index contributed by atoms with van der Waals surface area (Å²) in [5, 5.41) is 0. The van der Waals surface area contributed by atoms with Crippen LogP contribution in [0.1, 0.15) is 19.8 Å². The molecule has 2 unspecified atom stereocenters. The summed E-state index contributed by atoms with van der Waals surface area (Å²) in [6, 6.07) is 1.74. The van der Waals surface area contributed by atoms with E-state index in [4.69, 9.17) is 5.73 Å². The van der Waals surface area contributed by atoms with Crippen LogP contribution in [-0.2, 0) is 0 Å². The van der Waals surface area contributed by atoms with Gasteiger partial charge in [0.05, 0.1) is 6.33 Å². The van der Waals surface area contributed by atoms with Crippen LogP contribution in [0.3, 0.4) is 0 Å². The molecule has 16 heavy (non-hydrogen) atoms. The van der Waals surface area contributed by atoms with Crippen LogP contribution in [0.25, 0.3) is 0 Å². The summed E-state index contributed by atoms with van der Waals surface area (Å²) in [4.78, 5) is 20.1. The zero-order valence-corrected chi connectivity index (χ0v) is 9.52. The van der Waals surface area contributed by atoms with E-state index in [2.05, 4.69) is 14.9 Å². The van der Waals surface area contributed by atoms with Gasteiger partial charge >= 0.3 is 0 Å². The van der Waals surface area contributed by atoms with Gasteiger partial charge in [-0.05, 0) is 25.7 Å². The Kier molecular flexibility index (Phi) is 3.24. The highest BCUT2D eigenvalue weighted by molar-refractivity contribution is 5.37. The van der Waals surface area contributed by atoms with Gasteiger partial charge in [0.15, 0.2) is 0 Å². The van der Waals surface area contributed by atoms with Gasteiger partial charge in [0, 0.05) is 25.2 Å².